The highest BCUT2D eigenvalue weighted by Gasteiger charge is 2.31. The van der Waals surface area contributed by atoms with E-state index in [0.29, 0.717) is 31.7 Å². The number of halogens is 1. The average Bonchev–Trinajstić information content (AvgIpc) is 3.02. The Labute approximate surface area is 279 Å². The standard InChI is InChI=1S/C34H51FN4O7S/c1-24-21-39(25(2)23-40)34(42)30-20-28(36-47(43,44)29-15-12-27(35)13-16-29)14-17-31(30)46-26(3)10-7-8-19-45-32(24)22-38(6)33(41)11-9-18-37(4)5/h12-17,20,24-26,32,36,40H,7-11,18-19,21-23H2,1-6H3/t24-,25+,26+,32-/m0/s1. The second-order valence-electron chi connectivity index (χ2n) is 12.8. The number of aliphatic hydroxyl groups is 1. The second-order valence-corrected chi connectivity index (χ2v) is 14.4. The van der Waals surface area contributed by atoms with Gasteiger partial charge < -0.3 is 29.3 Å². The highest BCUT2D eigenvalue weighted by molar-refractivity contribution is 7.92. The maximum atomic E-state index is 14.3. The van der Waals surface area contributed by atoms with Gasteiger partial charge in [-0.3, -0.25) is 14.3 Å². The van der Waals surface area contributed by atoms with E-state index >= 15 is 0 Å². The molecule has 0 saturated heterocycles. The summed E-state index contributed by atoms with van der Waals surface area (Å²) in [6.45, 7) is 7.14. The van der Waals surface area contributed by atoms with Crippen LogP contribution in [0.1, 0.15) is 63.2 Å². The predicted molar refractivity (Wildman–Crippen MR) is 180 cm³/mol. The molecule has 0 aliphatic carbocycles. The van der Waals surface area contributed by atoms with Gasteiger partial charge in [0.05, 0.1) is 35.3 Å². The summed E-state index contributed by atoms with van der Waals surface area (Å²) in [5.41, 5.74) is 0.255. The third-order valence-electron chi connectivity index (χ3n) is 8.30. The summed E-state index contributed by atoms with van der Waals surface area (Å²) in [5, 5.41) is 10.2. The Morgan fingerprint density at radius 2 is 1.83 bits per heavy atom. The molecule has 0 saturated carbocycles. The van der Waals surface area contributed by atoms with Gasteiger partial charge in [0.1, 0.15) is 11.6 Å². The Morgan fingerprint density at radius 3 is 2.49 bits per heavy atom. The van der Waals surface area contributed by atoms with Gasteiger partial charge in [-0.05, 0) is 103 Å². The van der Waals surface area contributed by atoms with E-state index in [-0.39, 0.29) is 53.3 Å². The van der Waals surface area contributed by atoms with Crippen molar-refractivity contribution in [2.24, 2.45) is 5.92 Å². The molecule has 0 fully saturated rings. The van der Waals surface area contributed by atoms with Crippen LogP contribution in [0.4, 0.5) is 10.1 Å². The lowest BCUT2D eigenvalue weighted by Crippen LogP contribution is -2.48. The molecule has 0 unspecified atom stereocenters. The number of rotatable bonds is 11. The summed E-state index contributed by atoms with van der Waals surface area (Å²) in [7, 11) is 1.62. The van der Waals surface area contributed by atoms with Crippen LogP contribution < -0.4 is 9.46 Å². The molecular weight excluding hydrogens is 627 g/mol. The Balaban J connectivity index is 1.93. The Bertz CT molecular complexity index is 1420. The van der Waals surface area contributed by atoms with E-state index in [2.05, 4.69) is 4.72 Å². The molecule has 13 heteroatoms. The summed E-state index contributed by atoms with van der Waals surface area (Å²) in [6.07, 6.45) is 2.83. The van der Waals surface area contributed by atoms with Gasteiger partial charge in [0.2, 0.25) is 5.91 Å². The largest absolute Gasteiger partial charge is 0.490 e. The molecule has 0 aromatic heterocycles. The summed E-state index contributed by atoms with van der Waals surface area (Å²) in [5.74, 6) is -0.925. The van der Waals surface area contributed by atoms with Crippen LogP contribution in [0.25, 0.3) is 0 Å². The maximum absolute atomic E-state index is 14.3. The smallest absolute Gasteiger partial charge is 0.261 e. The number of hydrogen-bond donors (Lipinski definition) is 2. The first-order valence-electron chi connectivity index (χ1n) is 16.2. The van der Waals surface area contributed by atoms with E-state index in [0.717, 1.165) is 50.1 Å². The van der Waals surface area contributed by atoms with Crippen LogP contribution in [0, 0.1) is 11.7 Å². The first-order chi connectivity index (χ1) is 22.2. The number of nitrogens with zero attached hydrogens (tertiary/aromatic N) is 3. The normalized spacial score (nSPS) is 20.6. The third kappa shape index (κ3) is 11.4. The van der Waals surface area contributed by atoms with Crippen LogP contribution >= 0.6 is 0 Å². The van der Waals surface area contributed by atoms with Crippen molar-refractivity contribution in [2.75, 3.05) is 58.7 Å². The van der Waals surface area contributed by atoms with Crippen LogP contribution in [0.15, 0.2) is 47.4 Å². The summed E-state index contributed by atoms with van der Waals surface area (Å²) in [4.78, 5) is 32.4. The number of amides is 2. The molecule has 2 aromatic carbocycles. The van der Waals surface area contributed by atoms with Crippen LogP contribution in [0.5, 0.6) is 5.75 Å². The zero-order valence-corrected chi connectivity index (χ0v) is 29.3. The van der Waals surface area contributed by atoms with E-state index in [1.807, 2.05) is 32.8 Å². The van der Waals surface area contributed by atoms with Crippen molar-refractivity contribution in [3.8, 4) is 5.75 Å². The molecule has 0 bridgehead atoms. The summed E-state index contributed by atoms with van der Waals surface area (Å²) >= 11 is 0. The van der Waals surface area contributed by atoms with Crippen molar-refractivity contribution < 1.29 is 37.0 Å². The molecule has 262 valence electrons. The Kier molecular flexibility index (Phi) is 14.4. The molecule has 1 heterocycles. The fraction of sp³-hybridized carbons (Fsp3) is 0.588. The van der Waals surface area contributed by atoms with E-state index in [1.165, 1.54) is 17.0 Å². The van der Waals surface area contributed by atoms with Gasteiger partial charge in [0.25, 0.3) is 15.9 Å². The number of ether oxygens (including phenoxy) is 2. The number of aliphatic hydroxyl groups excluding tert-OH is 1. The van der Waals surface area contributed by atoms with Crippen molar-refractivity contribution in [3.05, 3.63) is 53.8 Å². The molecule has 3 rings (SSSR count). The number of sulfonamides is 1. The van der Waals surface area contributed by atoms with Crippen molar-refractivity contribution in [1.29, 1.82) is 0 Å². The first-order valence-corrected chi connectivity index (χ1v) is 17.7. The zero-order chi connectivity index (χ0) is 34.7. The van der Waals surface area contributed by atoms with Crippen LogP contribution in [-0.2, 0) is 19.6 Å². The quantitative estimate of drug-likeness (QED) is 0.362. The van der Waals surface area contributed by atoms with Gasteiger partial charge in [-0.15, -0.1) is 0 Å². The van der Waals surface area contributed by atoms with Gasteiger partial charge in [-0.2, -0.15) is 0 Å². The fourth-order valence-corrected chi connectivity index (χ4v) is 6.44. The molecule has 1 aliphatic rings. The minimum atomic E-state index is -4.09. The number of hydrogen-bond acceptors (Lipinski definition) is 8. The van der Waals surface area contributed by atoms with Gasteiger partial charge in [0.15, 0.2) is 0 Å². The Hall–Kier alpha value is -3.26. The summed E-state index contributed by atoms with van der Waals surface area (Å²) < 4.78 is 54.6. The van der Waals surface area contributed by atoms with Crippen LogP contribution in [-0.4, -0.2) is 112 Å². The minimum absolute atomic E-state index is 0.0224. The fourth-order valence-electron chi connectivity index (χ4n) is 5.39. The van der Waals surface area contributed by atoms with Crippen molar-refractivity contribution in [2.45, 2.75) is 76.0 Å². The van der Waals surface area contributed by atoms with Crippen molar-refractivity contribution in [3.63, 3.8) is 0 Å². The predicted octanol–water partition coefficient (Wildman–Crippen LogP) is 4.22. The number of carbonyl (C=O) groups excluding carboxylic acids is 2. The van der Waals surface area contributed by atoms with Gasteiger partial charge >= 0.3 is 0 Å². The van der Waals surface area contributed by atoms with Crippen LogP contribution in [0.2, 0.25) is 0 Å². The molecule has 2 N–H and O–H groups in total. The number of anilines is 1. The van der Waals surface area contributed by atoms with Gasteiger partial charge in [0, 0.05) is 44.8 Å². The van der Waals surface area contributed by atoms with Crippen LogP contribution in [0.3, 0.4) is 0 Å². The van der Waals surface area contributed by atoms with Gasteiger partial charge in [-0.1, -0.05) is 6.92 Å². The number of benzene rings is 2. The topological polar surface area (TPSA) is 129 Å². The third-order valence-corrected chi connectivity index (χ3v) is 9.70. The SMILES string of the molecule is C[C@@H]1CCCCO[C@@H](CN(C)C(=O)CCCN(C)C)[C@@H](C)CN([C@H](C)CO)C(=O)c2cc(NS(=O)(=O)c3ccc(F)cc3)ccc2O1. The molecule has 0 spiro atoms. The number of nitrogens with one attached hydrogen (secondary N) is 1. The first kappa shape index (κ1) is 38.2. The van der Waals surface area contributed by atoms with Crippen molar-refractivity contribution >= 4 is 27.5 Å². The lowest BCUT2D eigenvalue weighted by Gasteiger charge is -2.36. The molecule has 0 radical (unpaired) electrons. The number of carbonyl (C=O) groups is 2. The lowest BCUT2D eigenvalue weighted by molar-refractivity contribution is -0.132. The molecule has 2 amide bonds. The van der Waals surface area contributed by atoms with Gasteiger partial charge in [-0.25, -0.2) is 12.8 Å². The number of fused-ring (bicyclic) bond motifs is 1. The molecule has 1 aliphatic heterocycles. The molecule has 4 atom stereocenters. The Morgan fingerprint density at radius 1 is 1.13 bits per heavy atom. The van der Waals surface area contributed by atoms with E-state index in [1.54, 1.807) is 24.9 Å². The highest BCUT2D eigenvalue weighted by Crippen LogP contribution is 2.29. The monoisotopic (exact) mass is 678 g/mol. The lowest BCUT2D eigenvalue weighted by atomic mass is 10.0. The molecule has 2 aromatic rings. The zero-order valence-electron chi connectivity index (χ0n) is 28.4. The van der Waals surface area contributed by atoms with E-state index < -0.39 is 27.8 Å². The average molecular weight is 679 g/mol. The number of likely N-dealkylation sites (N-methyl/N-ethyl adjacent to an activating group) is 1. The second kappa shape index (κ2) is 17.8. The molecule has 11 nitrogen and oxygen atoms in total. The summed E-state index contributed by atoms with van der Waals surface area (Å²) in [6, 6.07) is 8.34. The molecule has 47 heavy (non-hydrogen) atoms. The molecular formula is C34H51FN4O7S. The van der Waals surface area contributed by atoms with E-state index in [9.17, 15) is 27.5 Å². The highest BCUT2D eigenvalue weighted by atomic mass is 32.2. The van der Waals surface area contributed by atoms with Crippen molar-refractivity contribution in [1.82, 2.24) is 14.7 Å². The van der Waals surface area contributed by atoms with E-state index in [4.69, 9.17) is 9.47 Å². The maximum Gasteiger partial charge on any atom is 0.261 e. The minimum Gasteiger partial charge on any atom is -0.490 e.